The highest BCUT2D eigenvalue weighted by molar-refractivity contribution is 7.25. The van der Waals surface area contributed by atoms with Crippen molar-refractivity contribution in [3.8, 4) is 62.1 Å². The summed E-state index contributed by atoms with van der Waals surface area (Å²) in [5.74, 6) is 1.86. The fourth-order valence-corrected chi connectivity index (χ4v) is 9.07. The molecule has 0 fully saturated rings. The Morgan fingerprint density at radius 3 is 1.59 bits per heavy atom. The minimum atomic E-state index is 0.613. The third kappa shape index (κ3) is 5.48. The van der Waals surface area contributed by atoms with Gasteiger partial charge < -0.3 is 4.57 Å². The summed E-state index contributed by atoms with van der Waals surface area (Å²) in [6.45, 7) is 0. The van der Waals surface area contributed by atoms with Crippen molar-refractivity contribution in [2.75, 3.05) is 0 Å². The fraction of sp³-hybridized carbons (Fsp3) is 0. The minimum Gasteiger partial charge on any atom is -0.308 e. The van der Waals surface area contributed by atoms with E-state index >= 15 is 0 Å². The predicted octanol–water partition coefficient (Wildman–Crippen LogP) is 13.7. The van der Waals surface area contributed by atoms with Gasteiger partial charge in [-0.25, -0.2) is 15.0 Å². The van der Waals surface area contributed by atoms with Crippen LogP contribution >= 0.6 is 11.3 Å². The molecule has 0 saturated carbocycles. The highest BCUT2D eigenvalue weighted by atomic mass is 32.1. The van der Waals surface area contributed by atoms with Crippen molar-refractivity contribution in [3.05, 3.63) is 194 Å². The van der Waals surface area contributed by atoms with Crippen molar-refractivity contribution >= 4 is 53.3 Å². The average molecular weight is 733 g/mol. The van der Waals surface area contributed by atoms with Crippen molar-refractivity contribution in [2.45, 2.75) is 0 Å². The van der Waals surface area contributed by atoms with Crippen LogP contribution in [0.15, 0.2) is 194 Å². The van der Waals surface area contributed by atoms with Crippen LogP contribution in [0.4, 0.5) is 0 Å². The second kappa shape index (κ2) is 13.3. The van der Waals surface area contributed by atoms with E-state index in [0.717, 1.165) is 55.7 Å². The molecule has 8 aromatic carbocycles. The standard InChI is InChI=1S/C51H32N4S/c1-3-14-33(15-4-1)37-26-28-42(46(32-37)55-44-23-10-7-20-39(44)40-21-8-11-24-45(40)55)51-53-49(34-16-5-2-6-17-34)52-50(54-51)38-19-13-18-35(30-38)36-27-29-48-43(31-36)41-22-9-12-25-47(41)56-48/h1-32H. The Morgan fingerprint density at radius 2 is 0.839 bits per heavy atom. The lowest BCUT2D eigenvalue weighted by molar-refractivity contribution is 1.06. The molecule has 0 aliphatic carbocycles. The maximum atomic E-state index is 5.32. The number of benzene rings is 8. The van der Waals surface area contributed by atoms with E-state index in [1.54, 1.807) is 0 Å². The lowest BCUT2D eigenvalue weighted by Crippen LogP contribution is -2.04. The predicted molar refractivity (Wildman–Crippen MR) is 234 cm³/mol. The quantitative estimate of drug-likeness (QED) is 0.171. The molecule has 0 atom stereocenters. The van der Waals surface area contributed by atoms with Gasteiger partial charge in [0.05, 0.1) is 16.7 Å². The number of para-hydroxylation sites is 2. The van der Waals surface area contributed by atoms with Gasteiger partial charge >= 0.3 is 0 Å². The van der Waals surface area contributed by atoms with E-state index in [1.807, 2.05) is 29.5 Å². The number of hydrogen-bond donors (Lipinski definition) is 0. The number of nitrogens with zero attached hydrogens (tertiary/aromatic N) is 4. The molecule has 0 saturated heterocycles. The molecule has 0 spiro atoms. The van der Waals surface area contributed by atoms with E-state index in [4.69, 9.17) is 15.0 Å². The number of thiophene rings is 1. The zero-order chi connectivity index (χ0) is 37.0. The van der Waals surface area contributed by atoms with Crippen LogP contribution in [0, 0.1) is 0 Å². The van der Waals surface area contributed by atoms with Gasteiger partial charge in [0.2, 0.25) is 0 Å². The Bertz CT molecular complexity index is 3200. The van der Waals surface area contributed by atoms with Crippen molar-refractivity contribution in [3.63, 3.8) is 0 Å². The Morgan fingerprint density at radius 1 is 0.321 bits per heavy atom. The monoisotopic (exact) mass is 732 g/mol. The Balaban J connectivity index is 1.13. The lowest BCUT2D eigenvalue weighted by Gasteiger charge is -2.16. The summed E-state index contributed by atoms with van der Waals surface area (Å²) in [5, 5.41) is 4.97. The second-order valence-electron chi connectivity index (χ2n) is 14.0. The third-order valence-electron chi connectivity index (χ3n) is 10.7. The summed E-state index contributed by atoms with van der Waals surface area (Å²) < 4.78 is 4.96. The molecular formula is C51H32N4S. The summed E-state index contributed by atoms with van der Waals surface area (Å²) >= 11 is 1.84. The van der Waals surface area contributed by atoms with Crippen LogP contribution in [-0.4, -0.2) is 19.5 Å². The maximum Gasteiger partial charge on any atom is 0.166 e. The van der Waals surface area contributed by atoms with Gasteiger partial charge in [-0.05, 0) is 70.8 Å². The first-order valence-electron chi connectivity index (χ1n) is 18.8. The number of rotatable bonds is 6. The van der Waals surface area contributed by atoms with Gasteiger partial charge in [0, 0.05) is 47.6 Å². The van der Waals surface area contributed by atoms with Gasteiger partial charge in [-0.3, -0.25) is 0 Å². The molecule has 5 heteroatoms. The van der Waals surface area contributed by atoms with E-state index in [2.05, 4.69) is 180 Å². The zero-order valence-electron chi connectivity index (χ0n) is 30.2. The number of aromatic nitrogens is 4. The molecule has 3 heterocycles. The molecule has 262 valence electrons. The minimum absolute atomic E-state index is 0.613. The first-order chi connectivity index (χ1) is 27.7. The Hall–Kier alpha value is -7.21. The van der Waals surface area contributed by atoms with Gasteiger partial charge in [0.15, 0.2) is 17.5 Å². The molecule has 56 heavy (non-hydrogen) atoms. The van der Waals surface area contributed by atoms with Crippen LogP contribution in [0.3, 0.4) is 0 Å². The molecule has 3 aromatic heterocycles. The third-order valence-corrected chi connectivity index (χ3v) is 11.8. The first-order valence-corrected chi connectivity index (χ1v) is 19.6. The number of fused-ring (bicyclic) bond motifs is 6. The van der Waals surface area contributed by atoms with E-state index in [1.165, 1.54) is 30.9 Å². The van der Waals surface area contributed by atoms with Gasteiger partial charge in [-0.15, -0.1) is 11.3 Å². The molecule has 0 aliphatic heterocycles. The summed E-state index contributed by atoms with van der Waals surface area (Å²) in [6.07, 6.45) is 0. The zero-order valence-corrected chi connectivity index (χ0v) is 31.0. The average Bonchev–Trinajstić information content (AvgIpc) is 3.82. The van der Waals surface area contributed by atoms with Crippen LogP contribution < -0.4 is 0 Å². The van der Waals surface area contributed by atoms with Crippen LogP contribution in [0.5, 0.6) is 0 Å². The highest BCUT2D eigenvalue weighted by Gasteiger charge is 2.20. The maximum absolute atomic E-state index is 5.32. The Kier molecular flexibility index (Phi) is 7.64. The lowest BCUT2D eigenvalue weighted by atomic mass is 10.00. The van der Waals surface area contributed by atoms with Gasteiger partial charge in [-0.2, -0.15) is 0 Å². The molecule has 11 rings (SSSR count). The largest absolute Gasteiger partial charge is 0.308 e. The van der Waals surface area contributed by atoms with E-state index in [9.17, 15) is 0 Å². The fourth-order valence-electron chi connectivity index (χ4n) is 7.98. The van der Waals surface area contributed by atoms with Crippen molar-refractivity contribution in [1.82, 2.24) is 19.5 Å². The normalized spacial score (nSPS) is 11.6. The van der Waals surface area contributed by atoms with E-state index in [-0.39, 0.29) is 0 Å². The molecule has 4 nitrogen and oxygen atoms in total. The van der Waals surface area contributed by atoms with E-state index in [0.29, 0.717) is 17.5 Å². The van der Waals surface area contributed by atoms with Gasteiger partial charge in [0.25, 0.3) is 0 Å². The number of hydrogen-bond acceptors (Lipinski definition) is 4. The summed E-state index contributed by atoms with van der Waals surface area (Å²) in [6, 6.07) is 68.6. The summed E-state index contributed by atoms with van der Waals surface area (Å²) in [7, 11) is 0. The van der Waals surface area contributed by atoms with Crippen molar-refractivity contribution in [2.24, 2.45) is 0 Å². The van der Waals surface area contributed by atoms with E-state index < -0.39 is 0 Å². The topological polar surface area (TPSA) is 43.6 Å². The van der Waals surface area contributed by atoms with Crippen LogP contribution in [0.2, 0.25) is 0 Å². The molecule has 0 unspecified atom stereocenters. The Labute approximate surface area is 327 Å². The van der Waals surface area contributed by atoms with Crippen LogP contribution in [0.25, 0.3) is 104 Å². The van der Waals surface area contributed by atoms with Crippen LogP contribution in [-0.2, 0) is 0 Å². The highest BCUT2D eigenvalue weighted by Crippen LogP contribution is 2.40. The first kappa shape index (κ1) is 32.2. The molecule has 0 radical (unpaired) electrons. The second-order valence-corrected chi connectivity index (χ2v) is 15.1. The molecule has 0 N–H and O–H groups in total. The van der Waals surface area contributed by atoms with Crippen LogP contribution in [0.1, 0.15) is 0 Å². The summed E-state index contributed by atoms with van der Waals surface area (Å²) in [5.41, 5.74) is 10.6. The molecule has 0 aliphatic rings. The van der Waals surface area contributed by atoms with Crippen molar-refractivity contribution in [1.29, 1.82) is 0 Å². The molecule has 11 aromatic rings. The van der Waals surface area contributed by atoms with Crippen molar-refractivity contribution < 1.29 is 0 Å². The summed E-state index contributed by atoms with van der Waals surface area (Å²) in [4.78, 5) is 15.7. The van der Waals surface area contributed by atoms with Gasteiger partial charge in [-0.1, -0.05) is 146 Å². The van der Waals surface area contributed by atoms with Gasteiger partial charge in [0.1, 0.15) is 0 Å². The molecular weight excluding hydrogens is 701 g/mol. The molecule has 0 amide bonds. The molecule has 0 bridgehead atoms. The smallest absolute Gasteiger partial charge is 0.166 e. The SMILES string of the molecule is c1ccc(-c2ccc(-c3nc(-c4ccccc4)nc(-c4cccc(-c5ccc6sc7ccccc7c6c5)c4)n3)c(-n3c4ccccc4c4ccccc43)c2)cc1.